The zero-order chi connectivity index (χ0) is 13.6. The lowest BCUT2D eigenvalue weighted by molar-refractivity contribution is -0.125. The highest BCUT2D eigenvalue weighted by Gasteiger charge is 2.26. The predicted molar refractivity (Wildman–Crippen MR) is 61.9 cm³/mol. The van der Waals surface area contributed by atoms with E-state index in [1.165, 1.54) is 7.11 Å². The van der Waals surface area contributed by atoms with E-state index in [1.54, 1.807) is 18.2 Å². The van der Waals surface area contributed by atoms with E-state index in [4.69, 9.17) is 9.47 Å². The average molecular weight is 263 g/mol. The van der Waals surface area contributed by atoms with Gasteiger partial charge in [-0.15, -0.1) is 0 Å². The molecule has 0 spiro atoms. The summed E-state index contributed by atoms with van der Waals surface area (Å²) in [5.74, 6) is 1.10. The van der Waals surface area contributed by atoms with Crippen LogP contribution < -0.4 is 14.8 Å². The van der Waals surface area contributed by atoms with Crippen LogP contribution in [0.3, 0.4) is 0 Å². The number of rotatable bonds is 6. The highest BCUT2D eigenvalue weighted by atomic mass is 19.4. The van der Waals surface area contributed by atoms with Crippen molar-refractivity contribution < 1.29 is 22.6 Å². The van der Waals surface area contributed by atoms with Gasteiger partial charge in [-0.05, 0) is 24.6 Å². The summed E-state index contributed by atoms with van der Waals surface area (Å²) in [6, 6.07) is 5.05. The van der Waals surface area contributed by atoms with Crippen molar-refractivity contribution in [1.29, 1.82) is 0 Å². The molecule has 0 atom stereocenters. The maximum absolute atomic E-state index is 12.0. The third-order valence-electron chi connectivity index (χ3n) is 2.18. The summed E-state index contributed by atoms with van der Waals surface area (Å²) in [6.07, 6.45) is -4.20. The van der Waals surface area contributed by atoms with Gasteiger partial charge < -0.3 is 14.8 Å². The molecule has 18 heavy (non-hydrogen) atoms. The number of ether oxygens (including phenoxy) is 2. The number of benzene rings is 1. The van der Waals surface area contributed by atoms with E-state index in [9.17, 15) is 13.2 Å². The second-order valence-corrected chi connectivity index (χ2v) is 3.64. The molecule has 0 aromatic heterocycles. The fourth-order valence-electron chi connectivity index (χ4n) is 1.45. The first-order valence-electron chi connectivity index (χ1n) is 5.53. The Kier molecular flexibility index (Phi) is 5.27. The van der Waals surface area contributed by atoms with Gasteiger partial charge in [-0.25, -0.2) is 0 Å². The van der Waals surface area contributed by atoms with Crippen molar-refractivity contribution >= 4 is 0 Å². The number of methoxy groups -OCH3 is 1. The first-order chi connectivity index (χ1) is 8.46. The van der Waals surface area contributed by atoms with Crippen LogP contribution in [-0.4, -0.2) is 26.4 Å². The summed E-state index contributed by atoms with van der Waals surface area (Å²) < 4.78 is 46.3. The smallest absolute Gasteiger partial charge is 0.401 e. The lowest BCUT2D eigenvalue weighted by atomic mass is 10.2. The minimum Gasteiger partial charge on any atom is -0.493 e. The van der Waals surface area contributed by atoms with Crippen molar-refractivity contribution in [3.8, 4) is 11.5 Å². The third-order valence-corrected chi connectivity index (χ3v) is 2.18. The van der Waals surface area contributed by atoms with E-state index < -0.39 is 12.7 Å². The Morgan fingerprint density at radius 2 is 1.94 bits per heavy atom. The Morgan fingerprint density at radius 3 is 2.50 bits per heavy atom. The first-order valence-corrected chi connectivity index (χ1v) is 5.53. The second kappa shape index (κ2) is 6.49. The summed E-state index contributed by atoms with van der Waals surface area (Å²) in [5.41, 5.74) is 0.708. The van der Waals surface area contributed by atoms with Gasteiger partial charge in [0.25, 0.3) is 0 Å². The van der Waals surface area contributed by atoms with Crippen molar-refractivity contribution in [3.63, 3.8) is 0 Å². The number of nitrogens with one attached hydrogen (secondary N) is 1. The second-order valence-electron chi connectivity index (χ2n) is 3.64. The van der Waals surface area contributed by atoms with E-state index >= 15 is 0 Å². The Hall–Kier alpha value is -1.43. The molecule has 0 aliphatic carbocycles. The van der Waals surface area contributed by atoms with Crippen molar-refractivity contribution in [2.45, 2.75) is 19.6 Å². The predicted octanol–water partition coefficient (Wildman–Crippen LogP) is 2.75. The summed E-state index contributed by atoms with van der Waals surface area (Å²) in [5, 5.41) is 2.32. The van der Waals surface area contributed by atoms with Gasteiger partial charge in [-0.2, -0.15) is 13.2 Å². The molecule has 1 N–H and O–H groups in total. The Labute approximate surface area is 104 Å². The standard InChI is InChI=1S/C12H16F3NO2/c1-3-18-10-5-4-9(6-11(10)17-2)7-16-8-12(13,14)15/h4-6,16H,3,7-8H2,1-2H3. The van der Waals surface area contributed by atoms with Gasteiger partial charge in [0.2, 0.25) is 0 Å². The molecule has 1 aromatic rings. The molecule has 6 heteroatoms. The molecule has 0 amide bonds. The Morgan fingerprint density at radius 1 is 1.22 bits per heavy atom. The molecular formula is C12H16F3NO2. The number of halogens is 3. The Bertz CT molecular complexity index is 380. The van der Waals surface area contributed by atoms with Gasteiger partial charge in [0.15, 0.2) is 11.5 Å². The number of alkyl halides is 3. The highest BCUT2D eigenvalue weighted by molar-refractivity contribution is 5.42. The third kappa shape index (κ3) is 4.83. The van der Waals surface area contributed by atoms with Crippen molar-refractivity contribution in [2.75, 3.05) is 20.3 Å². The lowest BCUT2D eigenvalue weighted by Gasteiger charge is -2.12. The summed E-state index contributed by atoms with van der Waals surface area (Å²) in [7, 11) is 1.49. The molecule has 0 fully saturated rings. The van der Waals surface area contributed by atoms with E-state index in [-0.39, 0.29) is 6.54 Å². The Balaban J connectivity index is 2.62. The van der Waals surface area contributed by atoms with Gasteiger partial charge in [-0.3, -0.25) is 0 Å². The van der Waals surface area contributed by atoms with Crippen LogP contribution in [-0.2, 0) is 6.54 Å². The lowest BCUT2D eigenvalue weighted by Crippen LogP contribution is -2.28. The number of hydrogen-bond acceptors (Lipinski definition) is 3. The van der Waals surface area contributed by atoms with Crippen LogP contribution in [0, 0.1) is 0 Å². The van der Waals surface area contributed by atoms with Crippen molar-refractivity contribution in [1.82, 2.24) is 5.32 Å². The molecule has 0 radical (unpaired) electrons. The molecule has 0 heterocycles. The molecule has 0 aliphatic heterocycles. The maximum Gasteiger partial charge on any atom is 0.401 e. The molecule has 3 nitrogen and oxygen atoms in total. The normalized spacial score (nSPS) is 11.4. The van der Waals surface area contributed by atoms with Crippen molar-refractivity contribution in [3.05, 3.63) is 23.8 Å². The molecule has 0 saturated carbocycles. The SMILES string of the molecule is CCOc1ccc(CNCC(F)(F)F)cc1OC. The maximum atomic E-state index is 12.0. The summed E-state index contributed by atoms with van der Waals surface area (Å²) in [4.78, 5) is 0. The number of hydrogen-bond donors (Lipinski definition) is 1. The largest absolute Gasteiger partial charge is 0.493 e. The molecule has 0 unspecified atom stereocenters. The summed E-state index contributed by atoms with van der Waals surface area (Å²) >= 11 is 0. The summed E-state index contributed by atoms with van der Waals surface area (Å²) in [6.45, 7) is 1.46. The fourth-order valence-corrected chi connectivity index (χ4v) is 1.45. The topological polar surface area (TPSA) is 30.5 Å². The van der Waals surface area contributed by atoms with E-state index in [0.29, 0.717) is 23.7 Å². The van der Waals surface area contributed by atoms with Crippen molar-refractivity contribution in [2.24, 2.45) is 0 Å². The fraction of sp³-hybridized carbons (Fsp3) is 0.500. The minimum absolute atomic E-state index is 0.127. The molecular weight excluding hydrogens is 247 g/mol. The zero-order valence-electron chi connectivity index (χ0n) is 10.3. The van der Waals surface area contributed by atoms with Gasteiger partial charge in [0, 0.05) is 6.54 Å². The molecule has 1 aromatic carbocycles. The molecule has 0 aliphatic rings. The molecule has 0 bridgehead atoms. The quantitative estimate of drug-likeness (QED) is 0.856. The van der Waals surface area contributed by atoms with E-state index in [0.717, 1.165) is 0 Å². The van der Waals surface area contributed by atoms with Gasteiger partial charge in [0.1, 0.15) is 0 Å². The van der Waals surface area contributed by atoms with Crippen LogP contribution in [0.4, 0.5) is 13.2 Å². The van der Waals surface area contributed by atoms with E-state index in [1.807, 2.05) is 6.92 Å². The van der Waals surface area contributed by atoms with E-state index in [2.05, 4.69) is 5.32 Å². The minimum atomic E-state index is -4.20. The van der Waals surface area contributed by atoms with Gasteiger partial charge in [0.05, 0.1) is 20.3 Å². The molecule has 0 saturated heterocycles. The first kappa shape index (κ1) is 14.6. The van der Waals surface area contributed by atoms with Crippen LogP contribution in [0.5, 0.6) is 11.5 Å². The van der Waals surface area contributed by atoms with Gasteiger partial charge >= 0.3 is 6.18 Å². The average Bonchev–Trinajstić information content (AvgIpc) is 2.29. The van der Waals surface area contributed by atoms with Crippen LogP contribution in [0.1, 0.15) is 12.5 Å². The highest BCUT2D eigenvalue weighted by Crippen LogP contribution is 2.28. The van der Waals surface area contributed by atoms with Crippen LogP contribution in [0.25, 0.3) is 0 Å². The van der Waals surface area contributed by atoms with Crippen LogP contribution in [0.15, 0.2) is 18.2 Å². The monoisotopic (exact) mass is 263 g/mol. The van der Waals surface area contributed by atoms with Crippen LogP contribution in [0.2, 0.25) is 0 Å². The zero-order valence-corrected chi connectivity index (χ0v) is 10.3. The van der Waals surface area contributed by atoms with Crippen LogP contribution >= 0.6 is 0 Å². The molecule has 1 rings (SSSR count). The van der Waals surface area contributed by atoms with Gasteiger partial charge in [-0.1, -0.05) is 6.07 Å². The molecule has 102 valence electrons.